The van der Waals surface area contributed by atoms with Crippen molar-refractivity contribution in [3.05, 3.63) is 27.9 Å². The van der Waals surface area contributed by atoms with E-state index in [0.717, 1.165) is 12.3 Å². The third-order valence-corrected chi connectivity index (χ3v) is 2.53. The highest BCUT2D eigenvalue weighted by Crippen LogP contribution is 2.21. The molecule has 0 spiro atoms. The van der Waals surface area contributed by atoms with E-state index < -0.39 is 16.6 Å². The number of rotatable bonds is 5. The van der Waals surface area contributed by atoms with Gasteiger partial charge in [-0.2, -0.15) is 0 Å². The van der Waals surface area contributed by atoms with Crippen molar-refractivity contribution in [1.82, 2.24) is 9.88 Å². The molecule has 9 heteroatoms. The fourth-order valence-corrected chi connectivity index (χ4v) is 1.43. The molecule has 1 aromatic rings. The molecule has 1 N–H and O–H groups in total. The zero-order chi connectivity index (χ0) is 15.4. The van der Waals surface area contributed by atoms with E-state index in [-0.39, 0.29) is 23.8 Å². The summed E-state index contributed by atoms with van der Waals surface area (Å²) in [6.45, 7) is -0.0852. The second kappa shape index (κ2) is 5.95. The molecule has 0 saturated carbocycles. The molecule has 0 radical (unpaired) electrons. The number of carboxylic acids is 1. The van der Waals surface area contributed by atoms with Crippen LogP contribution in [0.25, 0.3) is 0 Å². The van der Waals surface area contributed by atoms with E-state index in [2.05, 4.69) is 4.98 Å². The number of carboxylic acid groups (broad SMARTS) is 1. The van der Waals surface area contributed by atoms with Gasteiger partial charge in [-0.25, -0.2) is 9.78 Å². The van der Waals surface area contributed by atoms with Gasteiger partial charge in [-0.3, -0.25) is 14.9 Å². The second-order valence-corrected chi connectivity index (χ2v) is 4.27. The number of aromatic nitrogens is 1. The first-order valence-electron chi connectivity index (χ1n) is 5.53. The Labute approximate surface area is 114 Å². The van der Waals surface area contributed by atoms with Crippen LogP contribution in [0, 0.1) is 10.1 Å². The van der Waals surface area contributed by atoms with E-state index >= 15 is 0 Å². The Morgan fingerprint density at radius 2 is 2.00 bits per heavy atom. The molecule has 0 aliphatic heterocycles. The summed E-state index contributed by atoms with van der Waals surface area (Å²) in [6.07, 6.45) is 0.957. The van der Waals surface area contributed by atoms with E-state index in [0.29, 0.717) is 0 Å². The van der Waals surface area contributed by atoms with Gasteiger partial charge in [-0.1, -0.05) is 0 Å². The van der Waals surface area contributed by atoms with Crippen LogP contribution < -0.4 is 4.90 Å². The maximum Gasteiger partial charge on any atom is 0.339 e. The summed E-state index contributed by atoms with van der Waals surface area (Å²) in [7, 11) is 4.62. The average molecular weight is 282 g/mol. The van der Waals surface area contributed by atoms with Crippen molar-refractivity contribution in [2.75, 3.05) is 32.6 Å². The highest BCUT2D eigenvalue weighted by molar-refractivity contribution is 5.94. The monoisotopic (exact) mass is 282 g/mol. The van der Waals surface area contributed by atoms with E-state index in [4.69, 9.17) is 5.11 Å². The summed E-state index contributed by atoms with van der Waals surface area (Å²) in [5.74, 6) is -1.59. The van der Waals surface area contributed by atoms with Gasteiger partial charge in [-0.05, 0) is 0 Å². The Bertz CT molecular complexity index is 558. The number of hydrogen-bond donors (Lipinski definition) is 1. The maximum absolute atomic E-state index is 11.6. The minimum absolute atomic E-state index is 0.00157. The summed E-state index contributed by atoms with van der Waals surface area (Å²) in [6, 6.07) is 0.918. The number of amides is 1. The Kier molecular flexibility index (Phi) is 4.57. The van der Waals surface area contributed by atoms with Crippen molar-refractivity contribution in [3.63, 3.8) is 0 Å². The standard InChI is InChI=1S/C11H14N4O5/c1-13(2)9(16)6-14(3)10-8(11(17)18)4-7(5-12-10)15(19)20/h4-5H,6H2,1-3H3,(H,17,18). The lowest BCUT2D eigenvalue weighted by Crippen LogP contribution is -2.35. The predicted molar refractivity (Wildman–Crippen MR) is 69.8 cm³/mol. The molecule has 1 heterocycles. The average Bonchev–Trinajstić information content (AvgIpc) is 2.37. The van der Waals surface area contributed by atoms with E-state index in [1.165, 1.54) is 16.8 Å². The molecule has 9 nitrogen and oxygen atoms in total. The predicted octanol–water partition coefficient (Wildman–Crippen LogP) is 0.212. The van der Waals surface area contributed by atoms with Crippen molar-refractivity contribution in [2.24, 2.45) is 0 Å². The molecular formula is C11H14N4O5. The van der Waals surface area contributed by atoms with Crippen molar-refractivity contribution >= 4 is 23.4 Å². The molecule has 0 atom stereocenters. The normalized spacial score (nSPS) is 9.95. The largest absolute Gasteiger partial charge is 0.478 e. The van der Waals surface area contributed by atoms with Gasteiger partial charge in [0.1, 0.15) is 17.6 Å². The Hall–Kier alpha value is -2.71. The van der Waals surface area contributed by atoms with Crippen molar-refractivity contribution in [2.45, 2.75) is 0 Å². The first-order chi connectivity index (χ1) is 9.23. The minimum atomic E-state index is -1.35. The van der Waals surface area contributed by atoms with Crippen molar-refractivity contribution in [3.8, 4) is 0 Å². The highest BCUT2D eigenvalue weighted by atomic mass is 16.6. The molecule has 0 fully saturated rings. The lowest BCUT2D eigenvalue weighted by Gasteiger charge is -2.21. The molecule has 1 rings (SSSR count). The summed E-state index contributed by atoms with van der Waals surface area (Å²) in [5, 5.41) is 19.7. The molecular weight excluding hydrogens is 268 g/mol. The third kappa shape index (κ3) is 3.40. The Balaban J connectivity index is 3.14. The zero-order valence-electron chi connectivity index (χ0n) is 11.2. The van der Waals surface area contributed by atoms with Crippen LogP contribution in [0.5, 0.6) is 0 Å². The minimum Gasteiger partial charge on any atom is -0.478 e. The maximum atomic E-state index is 11.6. The molecule has 0 aromatic carbocycles. The lowest BCUT2D eigenvalue weighted by atomic mass is 10.2. The fraction of sp³-hybridized carbons (Fsp3) is 0.364. The topological polar surface area (TPSA) is 117 Å². The summed E-state index contributed by atoms with van der Waals surface area (Å²) < 4.78 is 0. The van der Waals surface area contributed by atoms with Crippen LogP contribution in [-0.4, -0.2) is 59.5 Å². The zero-order valence-corrected chi connectivity index (χ0v) is 11.2. The molecule has 0 bridgehead atoms. The third-order valence-electron chi connectivity index (χ3n) is 2.53. The molecule has 108 valence electrons. The number of anilines is 1. The first kappa shape index (κ1) is 15.3. The molecule has 0 aliphatic carbocycles. The SMILES string of the molecule is CN(C)C(=O)CN(C)c1ncc([N+](=O)[O-])cc1C(=O)O. The highest BCUT2D eigenvalue weighted by Gasteiger charge is 2.21. The Morgan fingerprint density at radius 3 is 2.45 bits per heavy atom. The summed E-state index contributed by atoms with van der Waals surface area (Å²) in [5.41, 5.74) is -0.744. The number of nitro groups is 1. The number of hydrogen-bond acceptors (Lipinski definition) is 6. The number of carbonyl (C=O) groups excluding carboxylic acids is 1. The van der Waals surface area contributed by atoms with E-state index in [1.807, 2.05) is 0 Å². The number of nitrogens with zero attached hydrogens (tertiary/aromatic N) is 4. The van der Waals surface area contributed by atoms with Crippen LogP contribution >= 0.6 is 0 Å². The summed E-state index contributed by atoms with van der Waals surface area (Å²) >= 11 is 0. The van der Waals surface area contributed by atoms with Crippen LogP contribution in [0.15, 0.2) is 12.3 Å². The van der Waals surface area contributed by atoms with Gasteiger partial charge in [0.05, 0.1) is 11.5 Å². The first-order valence-corrected chi connectivity index (χ1v) is 5.53. The number of carbonyl (C=O) groups is 2. The summed E-state index contributed by atoms with van der Waals surface area (Å²) in [4.78, 5) is 39.1. The van der Waals surface area contributed by atoms with Crippen LogP contribution in [0.2, 0.25) is 0 Å². The Morgan fingerprint density at radius 1 is 1.40 bits per heavy atom. The van der Waals surface area contributed by atoms with Gasteiger partial charge >= 0.3 is 5.97 Å². The van der Waals surface area contributed by atoms with Gasteiger partial charge in [-0.15, -0.1) is 0 Å². The smallest absolute Gasteiger partial charge is 0.339 e. The number of aromatic carboxylic acids is 1. The van der Waals surface area contributed by atoms with Gasteiger partial charge in [0, 0.05) is 27.2 Å². The van der Waals surface area contributed by atoms with Gasteiger partial charge in [0.2, 0.25) is 5.91 Å². The number of likely N-dealkylation sites (N-methyl/N-ethyl adjacent to an activating group) is 2. The molecule has 1 amide bonds. The molecule has 0 unspecified atom stereocenters. The molecule has 1 aromatic heterocycles. The molecule has 0 aliphatic rings. The van der Waals surface area contributed by atoms with Crippen LogP contribution in [0.3, 0.4) is 0 Å². The fourth-order valence-electron chi connectivity index (χ4n) is 1.43. The van der Waals surface area contributed by atoms with E-state index in [9.17, 15) is 19.7 Å². The van der Waals surface area contributed by atoms with Crippen LogP contribution in [-0.2, 0) is 4.79 Å². The van der Waals surface area contributed by atoms with E-state index in [1.54, 1.807) is 14.1 Å². The second-order valence-electron chi connectivity index (χ2n) is 4.27. The number of pyridine rings is 1. The van der Waals surface area contributed by atoms with Gasteiger partial charge in [0.25, 0.3) is 5.69 Å². The quantitative estimate of drug-likeness (QED) is 0.606. The van der Waals surface area contributed by atoms with Gasteiger partial charge < -0.3 is 14.9 Å². The van der Waals surface area contributed by atoms with Crippen molar-refractivity contribution < 1.29 is 19.6 Å². The van der Waals surface area contributed by atoms with Crippen LogP contribution in [0.4, 0.5) is 11.5 Å². The van der Waals surface area contributed by atoms with Crippen LogP contribution in [0.1, 0.15) is 10.4 Å². The molecule has 20 heavy (non-hydrogen) atoms. The molecule has 0 saturated heterocycles. The van der Waals surface area contributed by atoms with Gasteiger partial charge in [0.15, 0.2) is 0 Å². The lowest BCUT2D eigenvalue weighted by molar-refractivity contribution is -0.385. The van der Waals surface area contributed by atoms with Crippen molar-refractivity contribution in [1.29, 1.82) is 0 Å².